The van der Waals surface area contributed by atoms with Crippen LogP contribution in [0.1, 0.15) is 0 Å². The Labute approximate surface area is 172 Å². The molecule has 0 fully saturated rings. The summed E-state index contributed by atoms with van der Waals surface area (Å²) in [5.74, 6) is 1.53. The average molecular weight is 409 g/mol. The number of rotatable bonds is 7. The summed E-state index contributed by atoms with van der Waals surface area (Å²) in [6.07, 6.45) is -0.662. The highest BCUT2D eigenvalue weighted by Gasteiger charge is 2.14. The van der Waals surface area contributed by atoms with Crippen molar-refractivity contribution in [2.75, 3.05) is 12.4 Å². The number of aliphatic hydroxyl groups is 1. The molecule has 1 aromatic heterocycles. The predicted octanol–water partition coefficient (Wildman–Crippen LogP) is 4.31. The van der Waals surface area contributed by atoms with Crippen molar-refractivity contribution < 1.29 is 14.2 Å². The molecular formula is C22H20FN3O2S. The van der Waals surface area contributed by atoms with E-state index in [2.05, 4.69) is 10.2 Å². The molecule has 29 heavy (non-hydrogen) atoms. The van der Waals surface area contributed by atoms with Gasteiger partial charge in [-0.15, -0.1) is 10.2 Å². The molecule has 3 aromatic carbocycles. The zero-order chi connectivity index (χ0) is 20.2. The fourth-order valence-electron chi connectivity index (χ4n) is 3.02. The SMILES string of the molecule is Cn1c(SC[C@H](O)COc2cccc3ccccc23)nnc1-c1ccc(F)cc1. The van der Waals surface area contributed by atoms with E-state index in [9.17, 15) is 9.50 Å². The number of fused-ring (bicyclic) bond motifs is 1. The number of hydrogen-bond acceptors (Lipinski definition) is 5. The van der Waals surface area contributed by atoms with Gasteiger partial charge in [0.2, 0.25) is 0 Å². The van der Waals surface area contributed by atoms with Crippen LogP contribution < -0.4 is 4.74 Å². The van der Waals surface area contributed by atoms with Crippen LogP contribution in [0.15, 0.2) is 71.9 Å². The Balaban J connectivity index is 1.36. The van der Waals surface area contributed by atoms with E-state index in [1.54, 1.807) is 12.1 Å². The van der Waals surface area contributed by atoms with Gasteiger partial charge in [-0.05, 0) is 35.7 Å². The Bertz CT molecular complexity index is 1110. The normalized spacial score (nSPS) is 12.2. The molecule has 148 valence electrons. The molecule has 1 heterocycles. The van der Waals surface area contributed by atoms with Crippen LogP contribution in [0, 0.1) is 5.82 Å². The van der Waals surface area contributed by atoms with Gasteiger partial charge >= 0.3 is 0 Å². The number of aliphatic hydroxyl groups excluding tert-OH is 1. The van der Waals surface area contributed by atoms with Gasteiger partial charge in [-0.1, -0.05) is 48.2 Å². The van der Waals surface area contributed by atoms with Gasteiger partial charge < -0.3 is 14.4 Å². The highest BCUT2D eigenvalue weighted by Crippen LogP contribution is 2.26. The summed E-state index contributed by atoms with van der Waals surface area (Å²) in [6, 6.07) is 20.0. The van der Waals surface area contributed by atoms with Crippen LogP contribution in [-0.4, -0.2) is 38.3 Å². The average Bonchev–Trinajstić information content (AvgIpc) is 3.11. The Kier molecular flexibility index (Phi) is 5.78. The first-order valence-corrected chi connectivity index (χ1v) is 10.2. The van der Waals surface area contributed by atoms with Crippen LogP contribution in [-0.2, 0) is 7.05 Å². The van der Waals surface area contributed by atoms with Gasteiger partial charge in [-0.25, -0.2) is 4.39 Å². The quantitative estimate of drug-likeness (QED) is 0.461. The molecule has 0 amide bonds. The molecule has 5 nitrogen and oxygen atoms in total. The molecule has 0 aliphatic rings. The lowest BCUT2D eigenvalue weighted by atomic mass is 10.1. The number of ether oxygens (including phenoxy) is 1. The maximum Gasteiger partial charge on any atom is 0.191 e. The molecule has 0 radical (unpaired) electrons. The topological polar surface area (TPSA) is 60.2 Å². The van der Waals surface area contributed by atoms with Crippen LogP contribution in [0.5, 0.6) is 5.75 Å². The molecule has 1 atom stereocenters. The first-order chi connectivity index (χ1) is 14.1. The smallest absolute Gasteiger partial charge is 0.191 e. The molecule has 4 rings (SSSR count). The van der Waals surface area contributed by atoms with Gasteiger partial charge in [-0.2, -0.15) is 0 Å². The van der Waals surface area contributed by atoms with Gasteiger partial charge in [0.1, 0.15) is 18.2 Å². The predicted molar refractivity (Wildman–Crippen MR) is 113 cm³/mol. The van der Waals surface area contributed by atoms with Crippen LogP contribution in [0.2, 0.25) is 0 Å². The summed E-state index contributed by atoms with van der Waals surface area (Å²) >= 11 is 1.40. The van der Waals surface area contributed by atoms with Gasteiger partial charge in [0.15, 0.2) is 11.0 Å². The molecule has 7 heteroatoms. The highest BCUT2D eigenvalue weighted by atomic mass is 32.2. The monoisotopic (exact) mass is 409 g/mol. The van der Waals surface area contributed by atoms with Crippen molar-refractivity contribution in [3.63, 3.8) is 0 Å². The lowest BCUT2D eigenvalue weighted by Gasteiger charge is -2.13. The minimum Gasteiger partial charge on any atom is -0.490 e. The third kappa shape index (κ3) is 4.41. The number of thioether (sulfide) groups is 1. The zero-order valence-electron chi connectivity index (χ0n) is 15.8. The molecule has 0 saturated carbocycles. The van der Waals surface area contributed by atoms with Crippen LogP contribution in [0.25, 0.3) is 22.2 Å². The van der Waals surface area contributed by atoms with Crippen molar-refractivity contribution in [3.05, 3.63) is 72.5 Å². The molecule has 0 spiro atoms. The van der Waals surface area contributed by atoms with E-state index < -0.39 is 6.10 Å². The van der Waals surface area contributed by atoms with Crippen molar-refractivity contribution in [1.29, 1.82) is 0 Å². The second-order valence-electron chi connectivity index (χ2n) is 6.63. The lowest BCUT2D eigenvalue weighted by Crippen LogP contribution is -2.20. The number of halogens is 1. The molecule has 0 saturated heterocycles. The van der Waals surface area contributed by atoms with E-state index in [-0.39, 0.29) is 12.4 Å². The van der Waals surface area contributed by atoms with Crippen molar-refractivity contribution in [2.24, 2.45) is 7.05 Å². The number of aromatic nitrogens is 3. The van der Waals surface area contributed by atoms with E-state index >= 15 is 0 Å². The number of nitrogens with zero attached hydrogens (tertiary/aromatic N) is 3. The molecule has 4 aromatic rings. The summed E-state index contributed by atoms with van der Waals surface area (Å²) in [5.41, 5.74) is 0.785. The molecule has 0 aliphatic heterocycles. The van der Waals surface area contributed by atoms with E-state index in [1.165, 1.54) is 23.9 Å². The molecular weight excluding hydrogens is 389 g/mol. The number of benzene rings is 3. The van der Waals surface area contributed by atoms with Crippen LogP contribution in [0.4, 0.5) is 4.39 Å². The van der Waals surface area contributed by atoms with Gasteiger partial charge in [0.25, 0.3) is 0 Å². The Morgan fingerprint density at radius 2 is 1.79 bits per heavy atom. The Morgan fingerprint density at radius 1 is 1.03 bits per heavy atom. The zero-order valence-corrected chi connectivity index (χ0v) is 16.6. The van der Waals surface area contributed by atoms with E-state index in [4.69, 9.17) is 4.74 Å². The van der Waals surface area contributed by atoms with E-state index in [1.807, 2.05) is 54.1 Å². The molecule has 1 N–H and O–H groups in total. The van der Waals surface area contributed by atoms with Gasteiger partial charge in [0.05, 0.1) is 6.10 Å². The summed E-state index contributed by atoms with van der Waals surface area (Å²) in [5, 5.41) is 21.5. The van der Waals surface area contributed by atoms with Gasteiger partial charge in [0, 0.05) is 23.8 Å². The van der Waals surface area contributed by atoms with Crippen molar-refractivity contribution in [1.82, 2.24) is 14.8 Å². The van der Waals surface area contributed by atoms with Crippen molar-refractivity contribution in [3.8, 4) is 17.1 Å². The summed E-state index contributed by atoms with van der Waals surface area (Å²) < 4.78 is 20.8. The summed E-state index contributed by atoms with van der Waals surface area (Å²) in [6.45, 7) is 0.184. The second kappa shape index (κ2) is 8.63. The lowest BCUT2D eigenvalue weighted by molar-refractivity contribution is 0.127. The third-order valence-corrected chi connectivity index (χ3v) is 5.69. The summed E-state index contributed by atoms with van der Waals surface area (Å²) in [4.78, 5) is 0. The first-order valence-electron chi connectivity index (χ1n) is 9.18. The van der Waals surface area contributed by atoms with Crippen molar-refractivity contribution in [2.45, 2.75) is 11.3 Å². The fourth-order valence-corrected chi connectivity index (χ4v) is 3.83. The minimum atomic E-state index is -0.662. The minimum absolute atomic E-state index is 0.184. The standard InChI is InChI=1S/C22H20FN3O2S/c1-26-21(16-9-11-17(23)12-10-16)24-25-22(26)29-14-18(27)13-28-20-8-4-6-15-5-2-3-7-19(15)20/h2-12,18,27H,13-14H2,1H3/t18-/m1/s1. The van der Waals surface area contributed by atoms with Crippen molar-refractivity contribution >= 4 is 22.5 Å². The largest absolute Gasteiger partial charge is 0.490 e. The first kappa shape index (κ1) is 19.4. The highest BCUT2D eigenvalue weighted by molar-refractivity contribution is 7.99. The maximum atomic E-state index is 13.1. The molecule has 0 unspecified atom stereocenters. The van der Waals surface area contributed by atoms with Crippen LogP contribution in [0.3, 0.4) is 0 Å². The number of hydrogen-bond donors (Lipinski definition) is 1. The second-order valence-corrected chi connectivity index (χ2v) is 7.61. The third-order valence-electron chi connectivity index (χ3n) is 4.52. The summed E-state index contributed by atoms with van der Waals surface area (Å²) in [7, 11) is 1.85. The Morgan fingerprint density at radius 3 is 2.62 bits per heavy atom. The fraction of sp³-hybridized carbons (Fsp3) is 0.182. The molecule has 0 bridgehead atoms. The van der Waals surface area contributed by atoms with E-state index in [0.717, 1.165) is 22.1 Å². The maximum absolute atomic E-state index is 13.1. The van der Waals surface area contributed by atoms with Gasteiger partial charge in [-0.3, -0.25) is 0 Å². The molecule has 0 aliphatic carbocycles. The Hall–Kier alpha value is -2.90. The van der Waals surface area contributed by atoms with E-state index in [0.29, 0.717) is 16.7 Å². The van der Waals surface area contributed by atoms with Crippen LogP contribution >= 0.6 is 11.8 Å².